The molecule has 1 aliphatic heterocycles. The van der Waals surface area contributed by atoms with Gasteiger partial charge in [-0.15, -0.1) is 0 Å². The minimum absolute atomic E-state index is 0.0489. The molecule has 1 atom stereocenters. The summed E-state index contributed by atoms with van der Waals surface area (Å²) < 4.78 is 17.2. The summed E-state index contributed by atoms with van der Waals surface area (Å²) in [5.74, 6) is -0.778. The van der Waals surface area contributed by atoms with Crippen molar-refractivity contribution in [2.75, 3.05) is 20.8 Å². The largest absolute Gasteiger partial charge is 0.502 e. The minimum Gasteiger partial charge on any atom is -0.502 e. The molecule has 0 fully saturated rings. The Hall–Kier alpha value is -5.05. The third kappa shape index (κ3) is 4.89. The Morgan fingerprint density at radius 2 is 1.85 bits per heavy atom. The third-order valence-corrected chi connectivity index (χ3v) is 7.02. The average Bonchev–Trinajstić information content (AvgIpc) is 3.22. The normalized spacial score (nSPS) is 14.8. The molecule has 1 unspecified atom stereocenters. The molecule has 15 heteroatoms. The molecule has 2 heterocycles. The van der Waals surface area contributed by atoms with Crippen molar-refractivity contribution in [3.63, 3.8) is 0 Å². The third-order valence-electron chi connectivity index (χ3n) is 6.04. The van der Waals surface area contributed by atoms with Gasteiger partial charge < -0.3 is 19.3 Å². The molecule has 1 aromatic heterocycles. The lowest BCUT2D eigenvalue weighted by molar-refractivity contribution is -0.394. The lowest BCUT2D eigenvalue weighted by Gasteiger charge is -2.25. The Morgan fingerprint density at radius 3 is 2.45 bits per heavy atom. The van der Waals surface area contributed by atoms with Crippen LogP contribution in [-0.4, -0.2) is 46.3 Å². The van der Waals surface area contributed by atoms with E-state index >= 15 is 0 Å². The molecule has 0 aliphatic carbocycles. The van der Waals surface area contributed by atoms with Crippen LogP contribution in [0.25, 0.3) is 6.08 Å². The molecular weight excluding hydrogens is 548 g/mol. The molecule has 2 aromatic carbocycles. The fraction of sp³-hybridized carbons (Fsp3) is 0.240. The van der Waals surface area contributed by atoms with E-state index in [1.807, 2.05) is 0 Å². The molecule has 0 spiro atoms. The maximum Gasteiger partial charge on any atom is 0.338 e. The van der Waals surface area contributed by atoms with Crippen molar-refractivity contribution >= 4 is 34.8 Å². The fourth-order valence-corrected chi connectivity index (χ4v) is 5.29. The SMILES string of the molecule is CCOC(=O)C1=C(C)N=c2sc(=Cc3cc([N+](=O)[O-])cc([N+](=O)[O-])c3O)c(=O)n2C1c1ccc(OC)c(OC)c1. The van der Waals surface area contributed by atoms with Crippen LogP contribution in [0, 0.1) is 20.2 Å². The number of non-ortho nitro benzene ring substituents is 1. The Bertz CT molecular complexity index is 1770. The first-order valence-electron chi connectivity index (χ1n) is 11.6. The molecule has 0 saturated carbocycles. The number of phenolic OH excluding ortho intramolecular Hbond substituents is 1. The van der Waals surface area contributed by atoms with Crippen molar-refractivity contribution in [3.05, 3.63) is 92.6 Å². The molecule has 3 aromatic rings. The van der Waals surface area contributed by atoms with Crippen molar-refractivity contribution in [1.29, 1.82) is 0 Å². The van der Waals surface area contributed by atoms with Crippen molar-refractivity contribution in [3.8, 4) is 17.2 Å². The highest BCUT2D eigenvalue weighted by Crippen LogP contribution is 2.37. The fourth-order valence-electron chi connectivity index (χ4n) is 4.25. The summed E-state index contributed by atoms with van der Waals surface area (Å²) >= 11 is 0.876. The number of nitrogens with zero attached hydrogens (tertiary/aromatic N) is 4. The molecule has 0 bridgehead atoms. The van der Waals surface area contributed by atoms with Gasteiger partial charge in [-0.25, -0.2) is 9.79 Å². The second kappa shape index (κ2) is 11.0. The van der Waals surface area contributed by atoms with Gasteiger partial charge >= 0.3 is 11.7 Å². The number of esters is 1. The Labute approximate surface area is 229 Å². The number of hydrogen-bond acceptors (Lipinski definition) is 12. The first kappa shape index (κ1) is 28.0. The number of hydrogen-bond donors (Lipinski definition) is 1. The maximum absolute atomic E-state index is 13.8. The van der Waals surface area contributed by atoms with Crippen LogP contribution in [0.2, 0.25) is 0 Å². The van der Waals surface area contributed by atoms with Gasteiger partial charge in [0.25, 0.3) is 11.2 Å². The number of thiazole rings is 1. The summed E-state index contributed by atoms with van der Waals surface area (Å²) in [4.78, 5) is 52.3. The van der Waals surface area contributed by atoms with Crippen LogP contribution in [0.15, 0.2) is 51.4 Å². The van der Waals surface area contributed by atoms with Gasteiger partial charge in [-0.3, -0.25) is 29.6 Å². The van der Waals surface area contributed by atoms with E-state index in [4.69, 9.17) is 14.2 Å². The van der Waals surface area contributed by atoms with E-state index in [-0.39, 0.29) is 27.1 Å². The van der Waals surface area contributed by atoms with Crippen LogP contribution >= 0.6 is 11.3 Å². The zero-order valence-corrected chi connectivity index (χ0v) is 22.4. The number of nitro groups is 2. The summed E-state index contributed by atoms with van der Waals surface area (Å²) in [5.41, 5.74) is -1.65. The molecule has 40 heavy (non-hydrogen) atoms. The first-order valence-corrected chi connectivity index (χ1v) is 12.4. The van der Waals surface area contributed by atoms with Crippen molar-refractivity contribution in [1.82, 2.24) is 4.57 Å². The van der Waals surface area contributed by atoms with Gasteiger partial charge in [-0.1, -0.05) is 17.4 Å². The number of nitro benzene ring substituents is 2. The monoisotopic (exact) mass is 570 g/mol. The average molecular weight is 571 g/mol. The molecule has 14 nitrogen and oxygen atoms in total. The topological polar surface area (TPSA) is 186 Å². The molecule has 0 amide bonds. The number of rotatable bonds is 8. The van der Waals surface area contributed by atoms with Gasteiger partial charge in [0.1, 0.15) is 0 Å². The van der Waals surface area contributed by atoms with Crippen LogP contribution in [0.3, 0.4) is 0 Å². The predicted octanol–water partition coefficient (Wildman–Crippen LogP) is 2.34. The Morgan fingerprint density at radius 1 is 1.15 bits per heavy atom. The predicted molar refractivity (Wildman–Crippen MR) is 141 cm³/mol. The van der Waals surface area contributed by atoms with Crippen molar-refractivity contribution in [2.45, 2.75) is 19.9 Å². The van der Waals surface area contributed by atoms with Crippen LogP contribution in [0.4, 0.5) is 11.4 Å². The summed E-state index contributed by atoms with van der Waals surface area (Å²) in [6.07, 6.45) is 1.11. The van der Waals surface area contributed by atoms with Gasteiger partial charge in [0, 0.05) is 11.6 Å². The summed E-state index contributed by atoms with van der Waals surface area (Å²) in [6.45, 7) is 3.30. The van der Waals surface area contributed by atoms with E-state index in [1.54, 1.807) is 32.0 Å². The van der Waals surface area contributed by atoms with Crippen LogP contribution < -0.4 is 24.4 Å². The van der Waals surface area contributed by atoms with Crippen LogP contribution in [-0.2, 0) is 9.53 Å². The number of ether oxygens (including phenoxy) is 3. The Kier molecular flexibility index (Phi) is 7.68. The summed E-state index contributed by atoms with van der Waals surface area (Å²) in [7, 11) is 2.90. The molecule has 0 saturated heterocycles. The van der Waals surface area contributed by atoms with Gasteiger partial charge in [0.15, 0.2) is 16.3 Å². The van der Waals surface area contributed by atoms with Crippen LogP contribution in [0.1, 0.15) is 31.0 Å². The number of carbonyl (C=O) groups is 1. The lowest BCUT2D eigenvalue weighted by atomic mass is 9.95. The van der Waals surface area contributed by atoms with E-state index in [0.29, 0.717) is 28.8 Å². The van der Waals surface area contributed by atoms with E-state index in [1.165, 1.54) is 18.8 Å². The van der Waals surface area contributed by atoms with Gasteiger partial charge in [0.05, 0.1) is 58.6 Å². The lowest BCUT2D eigenvalue weighted by Crippen LogP contribution is -2.40. The Balaban J connectivity index is 2.02. The first-order chi connectivity index (χ1) is 19.0. The molecule has 1 aliphatic rings. The number of fused-ring (bicyclic) bond motifs is 1. The zero-order valence-electron chi connectivity index (χ0n) is 21.6. The standard InChI is InChI=1S/C25H22N4O10S/c1-5-39-24(32)20-12(2)26-25-27(21(20)13-6-7-17(37-3)18(9-13)38-4)23(31)19(40-25)10-14-8-15(28(33)34)11-16(22(14)30)29(35)36/h6-11,21,30H,5H2,1-4H3. The quantitative estimate of drug-likeness (QED) is 0.239. The summed E-state index contributed by atoms with van der Waals surface area (Å²) in [5, 5.41) is 33.2. The van der Waals surface area contributed by atoms with Gasteiger partial charge in [0.2, 0.25) is 5.75 Å². The molecule has 208 valence electrons. The second-order valence-electron chi connectivity index (χ2n) is 8.33. The van der Waals surface area contributed by atoms with E-state index in [9.17, 15) is 34.9 Å². The molecule has 0 radical (unpaired) electrons. The van der Waals surface area contributed by atoms with Crippen molar-refractivity contribution < 1.29 is 34.0 Å². The summed E-state index contributed by atoms with van der Waals surface area (Å²) in [6, 6.07) is 5.40. The molecule has 1 N–H and O–H groups in total. The maximum atomic E-state index is 13.8. The second-order valence-corrected chi connectivity index (χ2v) is 9.34. The van der Waals surface area contributed by atoms with Crippen LogP contribution in [0.5, 0.6) is 17.2 Å². The highest BCUT2D eigenvalue weighted by atomic mass is 32.1. The smallest absolute Gasteiger partial charge is 0.338 e. The molecular formula is C25H22N4O10S. The number of aromatic nitrogens is 1. The number of aromatic hydroxyl groups is 1. The number of methoxy groups -OCH3 is 2. The zero-order chi connectivity index (χ0) is 29.3. The number of allylic oxidation sites excluding steroid dienone is 1. The number of benzene rings is 2. The van der Waals surface area contributed by atoms with E-state index in [0.717, 1.165) is 23.5 Å². The van der Waals surface area contributed by atoms with Crippen molar-refractivity contribution in [2.24, 2.45) is 4.99 Å². The highest BCUT2D eigenvalue weighted by molar-refractivity contribution is 7.07. The highest BCUT2D eigenvalue weighted by Gasteiger charge is 2.34. The number of phenols is 1. The van der Waals surface area contributed by atoms with Gasteiger partial charge in [-0.2, -0.15) is 0 Å². The van der Waals surface area contributed by atoms with E-state index < -0.39 is 44.5 Å². The number of carbonyl (C=O) groups excluding carboxylic acids is 1. The van der Waals surface area contributed by atoms with E-state index in [2.05, 4.69) is 4.99 Å². The van der Waals surface area contributed by atoms with Gasteiger partial charge in [-0.05, 0) is 37.6 Å². The molecule has 4 rings (SSSR count). The minimum atomic E-state index is -1.01.